The largest absolute Gasteiger partial charge is 0.395 e. The molecule has 0 spiro atoms. The van der Waals surface area contributed by atoms with Crippen LogP contribution in [0.2, 0.25) is 0 Å². The molecule has 0 aliphatic carbocycles. The average Bonchev–Trinajstić information content (AvgIpc) is 2.17. The van der Waals surface area contributed by atoms with Crippen molar-refractivity contribution in [3.05, 3.63) is 35.9 Å². The Bertz CT molecular complexity index is 282. The molecule has 0 radical (unpaired) electrons. The summed E-state index contributed by atoms with van der Waals surface area (Å²) in [5, 5.41) is 8.94. The minimum absolute atomic E-state index is 0.0677. The topological polar surface area (TPSA) is 46.2 Å². The van der Waals surface area contributed by atoms with Crippen LogP contribution in [0.15, 0.2) is 30.3 Å². The highest BCUT2D eigenvalue weighted by Gasteiger charge is 2.21. The first-order valence-electron chi connectivity index (χ1n) is 5.44. The number of hydrogen-bond acceptors (Lipinski definition) is 2. The van der Waals surface area contributed by atoms with Gasteiger partial charge in [0, 0.05) is 6.04 Å². The van der Waals surface area contributed by atoms with Crippen molar-refractivity contribution < 1.29 is 5.11 Å². The minimum Gasteiger partial charge on any atom is -0.395 e. The highest BCUT2D eigenvalue weighted by Crippen LogP contribution is 2.26. The van der Waals surface area contributed by atoms with Gasteiger partial charge in [0.05, 0.1) is 6.61 Å². The quantitative estimate of drug-likeness (QED) is 0.775. The maximum absolute atomic E-state index is 8.94. The van der Waals surface area contributed by atoms with Gasteiger partial charge in [0.15, 0.2) is 0 Å². The third-order valence-corrected chi connectivity index (χ3v) is 2.57. The number of rotatable bonds is 5. The smallest absolute Gasteiger partial charge is 0.0582 e. The summed E-state index contributed by atoms with van der Waals surface area (Å²) in [5.74, 6) is 0. The molecule has 84 valence electrons. The zero-order chi connectivity index (χ0) is 11.3. The van der Waals surface area contributed by atoms with E-state index in [0.29, 0.717) is 0 Å². The van der Waals surface area contributed by atoms with Crippen molar-refractivity contribution in [2.75, 3.05) is 6.61 Å². The van der Waals surface area contributed by atoms with Crippen molar-refractivity contribution in [2.45, 2.75) is 32.7 Å². The molecule has 1 aromatic rings. The standard InChI is InChI=1S/C13H21NO/c1-13(2,9-12(14)10-15)8-11-6-4-3-5-7-11/h3-7,12,15H,8-10,14H2,1-2H3. The van der Waals surface area contributed by atoms with Crippen LogP contribution in [0, 0.1) is 5.41 Å². The van der Waals surface area contributed by atoms with E-state index in [4.69, 9.17) is 10.8 Å². The number of hydrogen-bond donors (Lipinski definition) is 2. The summed E-state index contributed by atoms with van der Waals surface area (Å²) in [6.45, 7) is 4.45. The Morgan fingerprint density at radius 2 is 1.87 bits per heavy atom. The number of aliphatic hydroxyl groups is 1. The van der Waals surface area contributed by atoms with E-state index in [0.717, 1.165) is 12.8 Å². The van der Waals surface area contributed by atoms with Crippen LogP contribution in [0.1, 0.15) is 25.8 Å². The van der Waals surface area contributed by atoms with Gasteiger partial charge < -0.3 is 10.8 Å². The molecule has 0 heterocycles. The van der Waals surface area contributed by atoms with Gasteiger partial charge in [-0.05, 0) is 23.8 Å². The Hall–Kier alpha value is -0.860. The fourth-order valence-corrected chi connectivity index (χ4v) is 1.99. The molecule has 2 nitrogen and oxygen atoms in total. The van der Waals surface area contributed by atoms with Crippen LogP contribution >= 0.6 is 0 Å². The second kappa shape index (κ2) is 5.29. The third-order valence-electron chi connectivity index (χ3n) is 2.57. The van der Waals surface area contributed by atoms with Crippen LogP contribution in [-0.4, -0.2) is 17.8 Å². The maximum Gasteiger partial charge on any atom is 0.0582 e. The van der Waals surface area contributed by atoms with Gasteiger partial charge in [-0.1, -0.05) is 44.2 Å². The zero-order valence-corrected chi connectivity index (χ0v) is 9.61. The predicted octanol–water partition coefficient (Wildman–Crippen LogP) is 1.97. The molecule has 0 amide bonds. The monoisotopic (exact) mass is 207 g/mol. The summed E-state index contributed by atoms with van der Waals surface area (Å²) >= 11 is 0. The van der Waals surface area contributed by atoms with Gasteiger partial charge in [0.25, 0.3) is 0 Å². The van der Waals surface area contributed by atoms with Crippen LogP contribution in [-0.2, 0) is 6.42 Å². The van der Waals surface area contributed by atoms with Crippen LogP contribution in [0.4, 0.5) is 0 Å². The number of aliphatic hydroxyl groups excluding tert-OH is 1. The second-order valence-corrected chi connectivity index (χ2v) is 4.97. The predicted molar refractivity (Wildman–Crippen MR) is 63.6 cm³/mol. The summed E-state index contributed by atoms with van der Waals surface area (Å²) in [4.78, 5) is 0. The lowest BCUT2D eigenvalue weighted by Crippen LogP contribution is -2.32. The first kappa shape index (κ1) is 12.2. The molecule has 1 rings (SSSR count). The van der Waals surface area contributed by atoms with Crippen LogP contribution < -0.4 is 5.73 Å². The summed E-state index contributed by atoms with van der Waals surface area (Å²) in [5.41, 5.74) is 7.23. The van der Waals surface area contributed by atoms with Gasteiger partial charge in [-0.25, -0.2) is 0 Å². The lowest BCUT2D eigenvalue weighted by molar-refractivity contribution is 0.213. The Kier molecular flexibility index (Phi) is 4.30. The van der Waals surface area contributed by atoms with E-state index in [2.05, 4.69) is 38.1 Å². The molecule has 3 N–H and O–H groups in total. The maximum atomic E-state index is 8.94. The van der Waals surface area contributed by atoms with E-state index >= 15 is 0 Å². The van der Waals surface area contributed by atoms with Crippen LogP contribution in [0.25, 0.3) is 0 Å². The SMILES string of the molecule is CC(C)(Cc1ccccc1)CC(N)CO. The Morgan fingerprint density at radius 1 is 1.27 bits per heavy atom. The summed E-state index contributed by atoms with van der Waals surface area (Å²) in [6, 6.07) is 10.3. The van der Waals surface area contributed by atoms with E-state index in [-0.39, 0.29) is 18.1 Å². The fraction of sp³-hybridized carbons (Fsp3) is 0.538. The summed E-state index contributed by atoms with van der Waals surface area (Å²) in [7, 11) is 0. The molecule has 0 saturated carbocycles. The normalized spacial score (nSPS) is 13.9. The Balaban J connectivity index is 2.56. The summed E-state index contributed by atoms with van der Waals surface area (Å²) < 4.78 is 0. The fourth-order valence-electron chi connectivity index (χ4n) is 1.99. The highest BCUT2D eigenvalue weighted by molar-refractivity contribution is 5.16. The van der Waals surface area contributed by atoms with Crippen molar-refractivity contribution in [1.29, 1.82) is 0 Å². The average molecular weight is 207 g/mol. The van der Waals surface area contributed by atoms with E-state index < -0.39 is 0 Å². The number of nitrogens with two attached hydrogens (primary N) is 1. The highest BCUT2D eigenvalue weighted by atomic mass is 16.3. The molecular formula is C13H21NO. The zero-order valence-electron chi connectivity index (χ0n) is 9.61. The first-order chi connectivity index (χ1) is 7.03. The van der Waals surface area contributed by atoms with Gasteiger partial charge in [0.2, 0.25) is 0 Å². The van der Waals surface area contributed by atoms with E-state index in [9.17, 15) is 0 Å². The molecule has 0 bridgehead atoms. The van der Waals surface area contributed by atoms with Gasteiger partial charge in [-0.15, -0.1) is 0 Å². The third kappa shape index (κ3) is 4.45. The van der Waals surface area contributed by atoms with E-state index in [1.807, 2.05) is 6.07 Å². The molecule has 0 aromatic heterocycles. The van der Waals surface area contributed by atoms with Gasteiger partial charge in [0.1, 0.15) is 0 Å². The van der Waals surface area contributed by atoms with Gasteiger partial charge in [-0.3, -0.25) is 0 Å². The lowest BCUT2D eigenvalue weighted by Gasteiger charge is -2.27. The van der Waals surface area contributed by atoms with Crippen LogP contribution in [0.5, 0.6) is 0 Å². The second-order valence-electron chi connectivity index (χ2n) is 4.97. The molecule has 1 atom stereocenters. The Morgan fingerprint density at radius 3 is 2.40 bits per heavy atom. The number of benzene rings is 1. The van der Waals surface area contributed by atoms with E-state index in [1.165, 1.54) is 5.56 Å². The molecule has 0 aliphatic rings. The molecule has 2 heteroatoms. The van der Waals surface area contributed by atoms with Crippen LogP contribution in [0.3, 0.4) is 0 Å². The van der Waals surface area contributed by atoms with Crippen molar-refractivity contribution in [1.82, 2.24) is 0 Å². The van der Waals surface area contributed by atoms with Crippen molar-refractivity contribution >= 4 is 0 Å². The van der Waals surface area contributed by atoms with Crippen molar-refractivity contribution in [3.8, 4) is 0 Å². The molecular weight excluding hydrogens is 186 g/mol. The Labute approximate surface area is 92.1 Å². The minimum atomic E-state index is -0.108. The lowest BCUT2D eigenvalue weighted by atomic mass is 9.80. The molecule has 15 heavy (non-hydrogen) atoms. The molecule has 1 aromatic carbocycles. The molecule has 0 saturated heterocycles. The molecule has 1 unspecified atom stereocenters. The summed E-state index contributed by atoms with van der Waals surface area (Å²) in [6.07, 6.45) is 1.85. The van der Waals surface area contributed by atoms with E-state index in [1.54, 1.807) is 0 Å². The molecule has 0 aliphatic heterocycles. The molecule has 0 fully saturated rings. The van der Waals surface area contributed by atoms with Crippen molar-refractivity contribution in [3.63, 3.8) is 0 Å². The van der Waals surface area contributed by atoms with Gasteiger partial charge in [-0.2, -0.15) is 0 Å². The van der Waals surface area contributed by atoms with Crippen molar-refractivity contribution in [2.24, 2.45) is 11.1 Å². The van der Waals surface area contributed by atoms with Gasteiger partial charge >= 0.3 is 0 Å². The first-order valence-corrected chi connectivity index (χ1v) is 5.44.